The number of hydrogen-bond donors (Lipinski definition) is 1. The first-order valence-corrected chi connectivity index (χ1v) is 7.84. The molecule has 106 valence electrons. The summed E-state index contributed by atoms with van der Waals surface area (Å²) >= 11 is 0. The first kappa shape index (κ1) is 13.4. The lowest BCUT2D eigenvalue weighted by atomic mass is 9.46. The second-order valence-corrected chi connectivity index (χ2v) is 7.54. The van der Waals surface area contributed by atoms with E-state index in [0.717, 1.165) is 32.1 Å². The molecule has 2 heteroatoms. The molecule has 0 aliphatic heterocycles. The predicted molar refractivity (Wildman–Crippen MR) is 75.7 cm³/mol. The Morgan fingerprint density at radius 3 is 2.79 bits per heavy atom. The van der Waals surface area contributed by atoms with Crippen molar-refractivity contribution < 1.29 is 9.90 Å². The Labute approximate surface area is 116 Å². The van der Waals surface area contributed by atoms with E-state index in [9.17, 15) is 9.90 Å². The van der Waals surface area contributed by atoms with Crippen LogP contribution in [-0.4, -0.2) is 17.5 Å². The van der Waals surface area contributed by atoms with Gasteiger partial charge in [0.15, 0.2) is 5.78 Å². The van der Waals surface area contributed by atoms with Crippen LogP contribution >= 0.6 is 0 Å². The SMILES string of the molecule is C[C@@]1(CO)CCC[C@]2(C)[C@H]3CCC(=O)C=C3CC[C@@H]12. The largest absolute Gasteiger partial charge is 0.396 e. The zero-order chi connectivity index (χ0) is 13.7. The summed E-state index contributed by atoms with van der Waals surface area (Å²) in [4.78, 5) is 11.6. The van der Waals surface area contributed by atoms with Crippen LogP contribution in [0.1, 0.15) is 58.8 Å². The summed E-state index contributed by atoms with van der Waals surface area (Å²) in [6.07, 6.45) is 9.60. The van der Waals surface area contributed by atoms with E-state index in [1.54, 1.807) is 0 Å². The molecule has 0 amide bonds. The van der Waals surface area contributed by atoms with Crippen molar-refractivity contribution in [1.29, 1.82) is 0 Å². The van der Waals surface area contributed by atoms with Crippen molar-refractivity contribution in [2.75, 3.05) is 6.61 Å². The van der Waals surface area contributed by atoms with Gasteiger partial charge in [-0.05, 0) is 60.8 Å². The molecule has 0 bridgehead atoms. The molecule has 0 aromatic rings. The number of aliphatic hydroxyl groups is 1. The topological polar surface area (TPSA) is 37.3 Å². The van der Waals surface area contributed by atoms with Crippen molar-refractivity contribution in [2.24, 2.45) is 22.7 Å². The molecule has 0 radical (unpaired) electrons. The Morgan fingerprint density at radius 2 is 2.05 bits per heavy atom. The first-order chi connectivity index (χ1) is 8.99. The number of allylic oxidation sites excluding steroid dienone is 2. The zero-order valence-electron chi connectivity index (χ0n) is 12.2. The maximum atomic E-state index is 11.6. The monoisotopic (exact) mass is 262 g/mol. The Balaban J connectivity index is 1.97. The quantitative estimate of drug-likeness (QED) is 0.785. The molecule has 4 atom stereocenters. The van der Waals surface area contributed by atoms with Gasteiger partial charge in [0, 0.05) is 13.0 Å². The van der Waals surface area contributed by atoms with Gasteiger partial charge in [0.1, 0.15) is 0 Å². The molecule has 0 heterocycles. The third-order valence-electron chi connectivity index (χ3n) is 6.45. The fourth-order valence-corrected chi connectivity index (χ4v) is 5.46. The van der Waals surface area contributed by atoms with Crippen LogP contribution < -0.4 is 0 Å². The maximum Gasteiger partial charge on any atom is 0.155 e. The zero-order valence-corrected chi connectivity index (χ0v) is 12.2. The van der Waals surface area contributed by atoms with Gasteiger partial charge < -0.3 is 5.11 Å². The Kier molecular flexibility index (Phi) is 3.12. The van der Waals surface area contributed by atoms with Crippen LogP contribution in [0.2, 0.25) is 0 Å². The van der Waals surface area contributed by atoms with Gasteiger partial charge in [-0.2, -0.15) is 0 Å². The molecule has 2 saturated carbocycles. The molecule has 0 unspecified atom stereocenters. The van der Waals surface area contributed by atoms with Gasteiger partial charge in [0.05, 0.1) is 0 Å². The van der Waals surface area contributed by atoms with Crippen molar-refractivity contribution in [1.82, 2.24) is 0 Å². The smallest absolute Gasteiger partial charge is 0.155 e. The average molecular weight is 262 g/mol. The van der Waals surface area contributed by atoms with E-state index >= 15 is 0 Å². The van der Waals surface area contributed by atoms with Gasteiger partial charge in [-0.15, -0.1) is 0 Å². The van der Waals surface area contributed by atoms with Crippen molar-refractivity contribution in [3.63, 3.8) is 0 Å². The molecule has 2 nitrogen and oxygen atoms in total. The van der Waals surface area contributed by atoms with E-state index in [4.69, 9.17) is 0 Å². The Hall–Kier alpha value is -0.630. The Bertz CT molecular complexity index is 425. The standard InChI is InChI=1S/C17H26O2/c1-16(11-18)8-3-9-17(2)14-6-5-13(19)10-12(14)4-7-15(16)17/h10,14-15,18H,3-9,11H2,1-2H3/t14-,15-,16-,17+/m0/s1. The van der Waals surface area contributed by atoms with Gasteiger partial charge in [0.25, 0.3) is 0 Å². The van der Waals surface area contributed by atoms with Gasteiger partial charge in [-0.3, -0.25) is 4.79 Å². The van der Waals surface area contributed by atoms with Crippen LogP contribution in [0, 0.1) is 22.7 Å². The van der Waals surface area contributed by atoms with Crippen molar-refractivity contribution in [3.05, 3.63) is 11.6 Å². The lowest BCUT2D eigenvalue weighted by Gasteiger charge is -2.59. The number of aliphatic hydroxyl groups excluding tert-OH is 1. The van der Waals surface area contributed by atoms with Crippen LogP contribution in [0.25, 0.3) is 0 Å². The Morgan fingerprint density at radius 1 is 1.26 bits per heavy atom. The second kappa shape index (κ2) is 4.44. The molecular formula is C17H26O2. The fraction of sp³-hybridized carbons (Fsp3) is 0.824. The molecule has 3 rings (SSSR count). The summed E-state index contributed by atoms with van der Waals surface area (Å²) in [7, 11) is 0. The maximum absolute atomic E-state index is 11.6. The predicted octanol–water partition coefficient (Wildman–Crippen LogP) is 3.49. The highest BCUT2D eigenvalue weighted by Crippen LogP contribution is 2.62. The lowest BCUT2D eigenvalue weighted by Crippen LogP contribution is -2.52. The molecule has 2 fully saturated rings. The molecule has 19 heavy (non-hydrogen) atoms. The summed E-state index contributed by atoms with van der Waals surface area (Å²) in [6, 6.07) is 0. The van der Waals surface area contributed by atoms with Crippen molar-refractivity contribution in [2.45, 2.75) is 58.8 Å². The van der Waals surface area contributed by atoms with Gasteiger partial charge in [-0.25, -0.2) is 0 Å². The summed E-state index contributed by atoms with van der Waals surface area (Å²) in [5, 5.41) is 9.87. The van der Waals surface area contributed by atoms with Crippen LogP contribution in [0.3, 0.4) is 0 Å². The average Bonchev–Trinajstić information content (AvgIpc) is 2.38. The van der Waals surface area contributed by atoms with E-state index in [1.165, 1.54) is 18.4 Å². The molecule has 3 aliphatic carbocycles. The summed E-state index contributed by atoms with van der Waals surface area (Å²) in [5.74, 6) is 1.54. The van der Waals surface area contributed by atoms with Crippen molar-refractivity contribution in [3.8, 4) is 0 Å². The van der Waals surface area contributed by atoms with E-state index in [2.05, 4.69) is 13.8 Å². The fourth-order valence-electron chi connectivity index (χ4n) is 5.46. The summed E-state index contributed by atoms with van der Waals surface area (Å²) in [5.41, 5.74) is 1.82. The number of hydrogen-bond acceptors (Lipinski definition) is 2. The van der Waals surface area contributed by atoms with Crippen LogP contribution in [0.15, 0.2) is 11.6 Å². The summed E-state index contributed by atoms with van der Waals surface area (Å²) in [6.45, 7) is 5.02. The second-order valence-electron chi connectivity index (χ2n) is 7.54. The van der Waals surface area contributed by atoms with E-state index in [0.29, 0.717) is 29.6 Å². The normalized spacial score (nSPS) is 46.3. The number of carbonyl (C=O) groups excluding carboxylic acids is 1. The number of fused-ring (bicyclic) bond motifs is 3. The van der Waals surface area contributed by atoms with Gasteiger partial charge in [0.2, 0.25) is 0 Å². The van der Waals surface area contributed by atoms with E-state index < -0.39 is 0 Å². The van der Waals surface area contributed by atoms with Gasteiger partial charge >= 0.3 is 0 Å². The lowest BCUT2D eigenvalue weighted by molar-refractivity contribution is -0.118. The van der Waals surface area contributed by atoms with E-state index in [1.807, 2.05) is 6.08 Å². The molecular weight excluding hydrogens is 236 g/mol. The minimum atomic E-state index is 0.0972. The van der Waals surface area contributed by atoms with Gasteiger partial charge in [-0.1, -0.05) is 25.8 Å². The number of ketones is 1. The molecule has 3 aliphatic rings. The molecule has 0 saturated heterocycles. The highest BCUT2D eigenvalue weighted by Gasteiger charge is 2.54. The summed E-state index contributed by atoms with van der Waals surface area (Å²) < 4.78 is 0. The third kappa shape index (κ3) is 1.91. The molecule has 0 spiro atoms. The molecule has 1 N–H and O–H groups in total. The van der Waals surface area contributed by atoms with E-state index in [-0.39, 0.29) is 5.41 Å². The third-order valence-corrected chi connectivity index (χ3v) is 6.45. The van der Waals surface area contributed by atoms with Crippen LogP contribution in [0.4, 0.5) is 0 Å². The minimum Gasteiger partial charge on any atom is -0.396 e. The van der Waals surface area contributed by atoms with Crippen LogP contribution in [0.5, 0.6) is 0 Å². The molecule has 0 aromatic carbocycles. The minimum absolute atomic E-state index is 0.0972. The number of carbonyl (C=O) groups is 1. The number of rotatable bonds is 1. The first-order valence-electron chi connectivity index (χ1n) is 7.84. The van der Waals surface area contributed by atoms with Crippen molar-refractivity contribution >= 4 is 5.78 Å². The highest BCUT2D eigenvalue weighted by molar-refractivity contribution is 5.91. The van der Waals surface area contributed by atoms with Crippen LogP contribution in [-0.2, 0) is 4.79 Å². The molecule has 0 aromatic heterocycles. The highest BCUT2D eigenvalue weighted by atomic mass is 16.3.